The fourth-order valence-corrected chi connectivity index (χ4v) is 2.98. The van der Waals surface area contributed by atoms with Crippen LogP contribution in [0.1, 0.15) is 30.4 Å². The maximum Gasteiger partial charge on any atom is 0.352 e. The van der Waals surface area contributed by atoms with Gasteiger partial charge in [-0.1, -0.05) is 33.6 Å². The van der Waals surface area contributed by atoms with Crippen LogP contribution in [0.5, 0.6) is 0 Å². The zero-order valence-electron chi connectivity index (χ0n) is 10.5. The highest BCUT2D eigenvalue weighted by Gasteiger charge is 2.18. The Morgan fingerprint density at radius 3 is 2.53 bits per heavy atom. The topological polar surface area (TPSA) is 42.2 Å². The Morgan fingerprint density at radius 2 is 2.00 bits per heavy atom. The largest absolute Gasteiger partial charge is 0.477 e. The fourth-order valence-electron chi connectivity index (χ4n) is 2.10. The van der Waals surface area contributed by atoms with Crippen LogP contribution < -0.4 is 0 Å². The van der Waals surface area contributed by atoms with Crippen molar-refractivity contribution in [3.8, 4) is 11.3 Å². The van der Waals surface area contributed by atoms with Crippen molar-refractivity contribution in [2.24, 2.45) is 0 Å². The summed E-state index contributed by atoms with van der Waals surface area (Å²) in [7, 11) is 0. The van der Waals surface area contributed by atoms with Crippen LogP contribution in [-0.2, 0) is 0 Å². The van der Waals surface area contributed by atoms with Gasteiger partial charge in [0.1, 0.15) is 5.69 Å². The minimum Gasteiger partial charge on any atom is -0.477 e. The summed E-state index contributed by atoms with van der Waals surface area (Å²) in [6.07, 6.45) is 0. The standard InChI is InChI=1S/C14H13BrClNO2/c1-8(2)17-12(5-6-13(17)14(18)19)10-4-3-9(16)7-11(10)15/h3-8H,1-2H3,(H,18,19). The molecule has 0 saturated carbocycles. The molecular formula is C14H13BrClNO2. The van der Waals surface area contributed by atoms with Gasteiger partial charge in [0.15, 0.2) is 0 Å². The van der Waals surface area contributed by atoms with Crippen molar-refractivity contribution in [3.63, 3.8) is 0 Å². The van der Waals surface area contributed by atoms with Crippen LogP contribution in [0.15, 0.2) is 34.8 Å². The van der Waals surface area contributed by atoms with Crippen LogP contribution in [0.3, 0.4) is 0 Å². The lowest BCUT2D eigenvalue weighted by atomic mass is 10.1. The number of carboxylic acids is 1. The lowest BCUT2D eigenvalue weighted by Gasteiger charge is -2.16. The van der Waals surface area contributed by atoms with Crippen molar-refractivity contribution in [3.05, 3.63) is 45.5 Å². The van der Waals surface area contributed by atoms with Gasteiger partial charge in [0.2, 0.25) is 0 Å². The summed E-state index contributed by atoms with van der Waals surface area (Å²) in [6, 6.07) is 8.97. The molecule has 0 aliphatic heterocycles. The van der Waals surface area contributed by atoms with Gasteiger partial charge in [-0.05, 0) is 38.1 Å². The first-order valence-electron chi connectivity index (χ1n) is 5.81. The van der Waals surface area contributed by atoms with Gasteiger partial charge >= 0.3 is 5.97 Å². The molecular weight excluding hydrogens is 330 g/mol. The number of hydrogen-bond acceptors (Lipinski definition) is 1. The molecule has 0 fully saturated rings. The summed E-state index contributed by atoms with van der Waals surface area (Å²) in [4.78, 5) is 11.3. The second kappa shape index (κ2) is 5.39. The molecule has 5 heteroatoms. The highest BCUT2D eigenvalue weighted by molar-refractivity contribution is 9.10. The Morgan fingerprint density at radius 1 is 1.32 bits per heavy atom. The molecule has 0 bridgehead atoms. The van der Waals surface area contributed by atoms with Crippen LogP contribution in [0.4, 0.5) is 0 Å². The number of benzene rings is 1. The molecule has 2 rings (SSSR count). The van der Waals surface area contributed by atoms with Crippen molar-refractivity contribution in [1.29, 1.82) is 0 Å². The van der Waals surface area contributed by atoms with Crippen molar-refractivity contribution >= 4 is 33.5 Å². The zero-order valence-corrected chi connectivity index (χ0v) is 12.9. The van der Waals surface area contributed by atoms with Crippen molar-refractivity contribution in [1.82, 2.24) is 4.57 Å². The zero-order chi connectivity index (χ0) is 14.2. The van der Waals surface area contributed by atoms with Gasteiger partial charge in [0, 0.05) is 21.1 Å². The number of carbonyl (C=O) groups is 1. The number of nitrogens with zero attached hydrogens (tertiary/aromatic N) is 1. The minimum atomic E-state index is -0.926. The van der Waals surface area contributed by atoms with Gasteiger partial charge in [-0.25, -0.2) is 4.79 Å². The highest BCUT2D eigenvalue weighted by atomic mass is 79.9. The molecule has 1 heterocycles. The summed E-state index contributed by atoms with van der Waals surface area (Å²) in [5.74, 6) is -0.926. The third kappa shape index (κ3) is 2.69. The summed E-state index contributed by atoms with van der Waals surface area (Å²) in [6.45, 7) is 3.92. The van der Waals surface area contributed by atoms with Gasteiger partial charge in [-0.3, -0.25) is 0 Å². The van der Waals surface area contributed by atoms with Crippen molar-refractivity contribution in [2.75, 3.05) is 0 Å². The molecule has 0 saturated heterocycles. The predicted molar refractivity (Wildman–Crippen MR) is 79.9 cm³/mol. The van der Waals surface area contributed by atoms with Crippen LogP contribution >= 0.6 is 27.5 Å². The van der Waals surface area contributed by atoms with Gasteiger partial charge in [0.25, 0.3) is 0 Å². The molecule has 1 aromatic heterocycles. The molecule has 1 aromatic carbocycles. The van der Waals surface area contributed by atoms with E-state index in [0.717, 1.165) is 15.7 Å². The Balaban J connectivity index is 2.65. The Kier molecular flexibility index (Phi) is 4.02. The molecule has 1 N–H and O–H groups in total. The molecule has 0 aliphatic carbocycles. The van der Waals surface area contributed by atoms with E-state index >= 15 is 0 Å². The van der Waals surface area contributed by atoms with E-state index < -0.39 is 5.97 Å². The van der Waals surface area contributed by atoms with E-state index in [9.17, 15) is 9.90 Å². The molecule has 0 atom stereocenters. The van der Waals surface area contributed by atoms with Crippen molar-refractivity contribution in [2.45, 2.75) is 19.9 Å². The first kappa shape index (κ1) is 14.2. The summed E-state index contributed by atoms with van der Waals surface area (Å²) in [5.41, 5.74) is 2.06. The normalized spacial score (nSPS) is 11.0. The summed E-state index contributed by atoms with van der Waals surface area (Å²) in [5, 5.41) is 9.87. The second-order valence-corrected chi connectivity index (χ2v) is 5.79. The highest BCUT2D eigenvalue weighted by Crippen LogP contribution is 2.33. The number of aromatic nitrogens is 1. The minimum absolute atomic E-state index is 0.0543. The molecule has 19 heavy (non-hydrogen) atoms. The average Bonchev–Trinajstić information content (AvgIpc) is 2.73. The van der Waals surface area contributed by atoms with Crippen molar-refractivity contribution < 1.29 is 9.90 Å². The van der Waals surface area contributed by atoms with E-state index in [1.807, 2.05) is 26.0 Å². The van der Waals surface area contributed by atoms with Gasteiger partial charge in [-0.15, -0.1) is 0 Å². The fraction of sp³-hybridized carbons (Fsp3) is 0.214. The van der Waals surface area contributed by atoms with Gasteiger partial charge in [-0.2, -0.15) is 0 Å². The molecule has 100 valence electrons. The first-order chi connectivity index (χ1) is 8.91. The number of rotatable bonds is 3. The SMILES string of the molecule is CC(C)n1c(C(=O)O)ccc1-c1ccc(Cl)cc1Br. The number of aromatic carboxylic acids is 1. The molecule has 0 unspecified atom stereocenters. The predicted octanol–water partition coefficient (Wildman–Crippen LogP) is 4.85. The lowest BCUT2D eigenvalue weighted by molar-refractivity contribution is 0.0683. The molecule has 0 amide bonds. The average molecular weight is 343 g/mol. The smallest absolute Gasteiger partial charge is 0.352 e. The molecule has 3 nitrogen and oxygen atoms in total. The quantitative estimate of drug-likeness (QED) is 0.866. The van der Waals surface area contributed by atoms with E-state index in [1.165, 1.54) is 0 Å². The second-order valence-electron chi connectivity index (χ2n) is 4.50. The first-order valence-corrected chi connectivity index (χ1v) is 6.99. The molecule has 0 aliphatic rings. The summed E-state index contributed by atoms with van der Waals surface area (Å²) < 4.78 is 2.65. The van der Waals surface area contributed by atoms with E-state index in [-0.39, 0.29) is 11.7 Å². The van der Waals surface area contributed by atoms with Crippen LogP contribution in [0.25, 0.3) is 11.3 Å². The van der Waals surface area contributed by atoms with E-state index in [1.54, 1.807) is 22.8 Å². The summed E-state index contributed by atoms with van der Waals surface area (Å²) >= 11 is 9.40. The van der Waals surface area contributed by atoms with E-state index in [2.05, 4.69) is 15.9 Å². The van der Waals surface area contributed by atoms with Gasteiger partial charge in [0.05, 0.1) is 5.69 Å². The number of halogens is 2. The lowest BCUT2D eigenvalue weighted by Crippen LogP contribution is -2.11. The molecule has 0 spiro atoms. The maximum atomic E-state index is 11.3. The monoisotopic (exact) mass is 341 g/mol. The molecule has 2 aromatic rings. The molecule has 0 radical (unpaired) electrons. The number of carboxylic acid groups (broad SMARTS) is 1. The Bertz CT molecular complexity index is 634. The Hall–Kier alpha value is -1.26. The van der Waals surface area contributed by atoms with Crippen LogP contribution in [0, 0.1) is 0 Å². The number of hydrogen-bond donors (Lipinski definition) is 1. The third-order valence-electron chi connectivity index (χ3n) is 2.86. The maximum absolute atomic E-state index is 11.3. The third-order valence-corrected chi connectivity index (χ3v) is 3.75. The Labute approximate surface area is 124 Å². The van der Waals surface area contributed by atoms with Crippen LogP contribution in [0.2, 0.25) is 5.02 Å². The van der Waals surface area contributed by atoms with E-state index in [0.29, 0.717) is 5.02 Å². The van der Waals surface area contributed by atoms with E-state index in [4.69, 9.17) is 11.6 Å². The van der Waals surface area contributed by atoms with Gasteiger partial charge < -0.3 is 9.67 Å². The van der Waals surface area contributed by atoms with Crippen LogP contribution in [-0.4, -0.2) is 15.6 Å².